The van der Waals surface area contributed by atoms with Crippen LogP contribution in [0.1, 0.15) is 42.7 Å². The van der Waals surface area contributed by atoms with Gasteiger partial charge in [0.1, 0.15) is 11.9 Å². The van der Waals surface area contributed by atoms with E-state index < -0.39 is 40.4 Å². The molecule has 1 fully saturated rings. The fourth-order valence-electron chi connectivity index (χ4n) is 4.58. The molecule has 3 atom stereocenters. The highest BCUT2D eigenvalue weighted by atomic mass is 32.2. The molecule has 0 bridgehead atoms. The maximum Gasteiger partial charge on any atom is 0.244 e. The maximum atomic E-state index is 13.6. The van der Waals surface area contributed by atoms with Crippen LogP contribution in [0.2, 0.25) is 0 Å². The lowest BCUT2D eigenvalue weighted by molar-refractivity contribution is 0.0555. The second-order valence-corrected chi connectivity index (χ2v) is 9.55. The quantitative estimate of drug-likeness (QED) is 0.788. The van der Waals surface area contributed by atoms with Crippen molar-refractivity contribution >= 4 is 15.6 Å². The summed E-state index contributed by atoms with van der Waals surface area (Å²) in [6.07, 6.45) is 6.39. The van der Waals surface area contributed by atoms with E-state index in [0.717, 1.165) is 53.2 Å². The maximum absolute atomic E-state index is 13.6. The summed E-state index contributed by atoms with van der Waals surface area (Å²) in [7, 11) is -4.13. The molecule has 5 nitrogen and oxygen atoms in total. The molecule has 0 aromatic heterocycles. The monoisotopic (exact) mass is 426 g/mol. The minimum atomic E-state index is -4.13. The van der Waals surface area contributed by atoms with Crippen molar-refractivity contribution in [2.75, 3.05) is 6.61 Å². The number of allylic oxidation sites excluding steroid dienone is 2. The summed E-state index contributed by atoms with van der Waals surface area (Å²) >= 11 is 0. The van der Waals surface area contributed by atoms with Crippen molar-refractivity contribution in [1.82, 2.24) is 4.31 Å². The fourth-order valence-corrected chi connectivity index (χ4v) is 6.37. The first-order valence-electron chi connectivity index (χ1n) is 10.1. The molecule has 0 saturated carbocycles. The Morgan fingerprint density at radius 2 is 1.97 bits per heavy atom. The molecule has 0 spiro atoms. The normalized spacial score (nSPS) is 24.6. The number of benzene rings is 2. The standard InChI is InChI=1S/C23H23FN2O3S/c24-17-9-6-10-18(13-17)30(28,29)26-21(14-25)23(22(26)15-27)20-12-5-4-11-19(20)16-7-2-1-3-8-16/h4-7,9-13,21-23,27H,1-3,8,15H2/t21-,22+,23-/m0/s1. The van der Waals surface area contributed by atoms with E-state index in [1.807, 2.05) is 24.3 Å². The fraction of sp³-hybridized carbons (Fsp3) is 0.348. The Labute approximate surface area is 176 Å². The molecule has 0 radical (unpaired) electrons. The molecule has 30 heavy (non-hydrogen) atoms. The van der Waals surface area contributed by atoms with Crippen molar-refractivity contribution in [3.63, 3.8) is 0 Å². The zero-order chi connectivity index (χ0) is 21.3. The number of halogens is 1. The summed E-state index contributed by atoms with van der Waals surface area (Å²) in [5.74, 6) is -1.13. The van der Waals surface area contributed by atoms with Crippen molar-refractivity contribution in [1.29, 1.82) is 5.26 Å². The highest BCUT2D eigenvalue weighted by molar-refractivity contribution is 7.89. The smallest absolute Gasteiger partial charge is 0.244 e. The van der Waals surface area contributed by atoms with Gasteiger partial charge >= 0.3 is 0 Å². The van der Waals surface area contributed by atoms with Gasteiger partial charge in [-0.15, -0.1) is 0 Å². The zero-order valence-corrected chi connectivity index (χ0v) is 17.2. The minimum Gasteiger partial charge on any atom is -0.395 e. The van der Waals surface area contributed by atoms with Crippen LogP contribution >= 0.6 is 0 Å². The second kappa shape index (κ2) is 8.31. The molecule has 1 aliphatic carbocycles. The number of sulfonamides is 1. The van der Waals surface area contributed by atoms with E-state index in [-0.39, 0.29) is 4.90 Å². The van der Waals surface area contributed by atoms with Gasteiger partial charge in [-0.25, -0.2) is 12.8 Å². The number of aliphatic hydroxyl groups excluding tert-OH is 1. The van der Waals surface area contributed by atoms with Crippen molar-refractivity contribution in [3.05, 3.63) is 71.6 Å². The molecule has 0 amide bonds. The van der Waals surface area contributed by atoms with Crippen LogP contribution in [0.15, 0.2) is 59.5 Å². The average molecular weight is 427 g/mol. The molecule has 156 valence electrons. The third-order valence-electron chi connectivity index (χ3n) is 6.00. The van der Waals surface area contributed by atoms with Crippen LogP contribution in [0.4, 0.5) is 4.39 Å². The van der Waals surface area contributed by atoms with Crippen molar-refractivity contribution < 1.29 is 17.9 Å². The summed E-state index contributed by atoms with van der Waals surface area (Å²) < 4.78 is 41.0. The van der Waals surface area contributed by atoms with Crippen LogP contribution in [0.5, 0.6) is 0 Å². The van der Waals surface area contributed by atoms with Crippen LogP contribution in [0.3, 0.4) is 0 Å². The Bertz CT molecular complexity index is 1120. The van der Waals surface area contributed by atoms with Gasteiger partial charge in [0.15, 0.2) is 0 Å². The molecule has 7 heteroatoms. The van der Waals surface area contributed by atoms with Crippen LogP contribution in [-0.2, 0) is 10.0 Å². The zero-order valence-electron chi connectivity index (χ0n) is 16.4. The third kappa shape index (κ3) is 3.45. The van der Waals surface area contributed by atoms with Gasteiger partial charge in [-0.2, -0.15) is 9.57 Å². The van der Waals surface area contributed by atoms with Crippen LogP contribution < -0.4 is 0 Å². The van der Waals surface area contributed by atoms with E-state index >= 15 is 0 Å². The SMILES string of the molecule is N#C[C@H]1[C@H](c2ccccc2C2=CCCCC2)[C@@H](CO)N1S(=O)(=O)c1cccc(F)c1. The van der Waals surface area contributed by atoms with Crippen LogP contribution in [0, 0.1) is 17.1 Å². The van der Waals surface area contributed by atoms with Gasteiger partial charge in [0.2, 0.25) is 10.0 Å². The first-order valence-corrected chi connectivity index (χ1v) is 11.5. The van der Waals surface area contributed by atoms with Gasteiger partial charge in [0.05, 0.1) is 23.6 Å². The Morgan fingerprint density at radius 1 is 1.17 bits per heavy atom. The summed E-state index contributed by atoms with van der Waals surface area (Å²) in [5.41, 5.74) is 3.10. The predicted molar refractivity (Wildman–Crippen MR) is 111 cm³/mol. The van der Waals surface area contributed by atoms with Gasteiger partial charge < -0.3 is 5.11 Å². The van der Waals surface area contributed by atoms with Gasteiger partial charge in [-0.05, 0) is 60.6 Å². The van der Waals surface area contributed by atoms with Gasteiger partial charge in [-0.3, -0.25) is 0 Å². The Balaban J connectivity index is 1.74. The number of aliphatic hydroxyl groups is 1. The van der Waals surface area contributed by atoms with E-state index in [2.05, 4.69) is 12.1 Å². The highest BCUT2D eigenvalue weighted by Gasteiger charge is 2.55. The largest absolute Gasteiger partial charge is 0.395 e. The number of rotatable bonds is 5. The topological polar surface area (TPSA) is 81.4 Å². The predicted octanol–water partition coefficient (Wildman–Crippen LogP) is 3.82. The molecule has 1 heterocycles. The highest BCUT2D eigenvalue weighted by Crippen LogP contribution is 2.46. The van der Waals surface area contributed by atoms with E-state index in [1.165, 1.54) is 17.7 Å². The molecule has 1 saturated heterocycles. The lowest BCUT2D eigenvalue weighted by Crippen LogP contribution is -2.65. The number of nitrogens with zero attached hydrogens (tertiary/aromatic N) is 2. The molecule has 0 unspecified atom stereocenters. The molecule has 2 aromatic carbocycles. The van der Waals surface area contributed by atoms with E-state index in [9.17, 15) is 23.2 Å². The van der Waals surface area contributed by atoms with Crippen molar-refractivity contribution in [2.45, 2.75) is 48.6 Å². The summed E-state index contributed by atoms with van der Waals surface area (Å²) in [4.78, 5) is -0.220. The average Bonchev–Trinajstić information content (AvgIpc) is 2.74. The number of nitriles is 1. The lowest BCUT2D eigenvalue weighted by Gasteiger charge is -2.50. The van der Waals surface area contributed by atoms with Crippen molar-refractivity contribution in [2.24, 2.45) is 0 Å². The molecule has 1 aliphatic heterocycles. The summed E-state index contributed by atoms with van der Waals surface area (Å²) in [6.45, 7) is -0.426. The Morgan fingerprint density at radius 3 is 2.63 bits per heavy atom. The molecule has 4 rings (SSSR count). The number of hydrogen-bond donors (Lipinski definition) is 1. The summed E-state index contributed by atoms with van der Waals surface area (Å²) in [5, 5.41) is 19.9. The minimum absolute atomic E-state index is 0.220. The first-order chi connectivity index (χ1) is 14.5. The van der Waals surface area contributed by atoms with Crippen LogP contribution in [0.25, 0.3) is 5.57 Å². The lowest BCUT2D eigenvalue weighted by atomic mass is 9.74. The van der Waals surface area contributed by atoms with Gasteiger partial charge in [-0.1, -0.05) is 36.4 Å². The third-order valence-corrected chi connectivity index (χ3v) is 7.91. The molecular weight excluding hydrogens is 403 g/mol. The second-order valence-electron chi connectivity index (χ2n) is 7.70. The van der Waals surface area contributed by atoms with E-state index in [0.29, 0.717) is 0 Å². The summed E-state index contributed by atoms with van der Waals surface area (Å²) in [6, 6.07) is 12.8. The van der Waals surface area contributed by atoms with E-state index in [4.69, 9.17) is 0 Å². The Hall–Kier alpha value is -2.53. The van der Waals surface area contributed by atoms with Gasteiger partial charge in [0, 0.05) is 5.92 Å². The van der Waals surface area contributed by atoms with Gasteiger partial charge in [0.25, 0.3) is 0 Å². The molecule has 2 aromatic rings. The van der Waals surface area contributed by atoms with Crippen molar-refractivity contribution in [3.8, 4) is 6.07 Å². The Kier molecular flexibility index (Phi) is 5.74. The molecule has 2 aliphatic rings. The first kappa shape index (κ1) is 20.7. The molecular formula is C23H23FN2O3S. The molecule has 1 N–H and O–H groups in total. The van der Waals surface area contributed by atoms with Crippen LogP contribution in [-0.4, -0.2) is 36.5 Å². The van der Waals surface area contributed by atoms with E-state index in [1.54, 1.807) is 0 Å². The number of hydrogen-bond acceptors (Lipinski definition) is 4.